The van der Waals surface area contributed by atoms with Gasteiger partial charge in [-0.15, -0.1) is 0 Å². The smallest absolute Gasteiger partial charge is 0.306 e. The highest BCUT2D eigenvalue weighted by Gasteiger charge is 2.57. The third kappa shape index (κ3) is 1.16. The molecule has 4 rings (SSSR count). The molecule has 0 radical (unpaired) electrons. The van der Waals surface area contributed by atoms with Gasteiger partial charge in [-0.05, 0) is 67.6 Å². The molecular formula is C14H20O2. The maximum absolute atomic E-state index is 11.6. The van der Waals surface area contributed by atoms with Crippen LogP contribution in [0.25, 0.3) is 0 Å². The monoisotopic (exact) mass is 220 g/mol. The first kappa shape index (κ1) is 9.49. The molecule has 4 fully saturated rings. The first-order valence-corrected chi connectivity index (χ1v) is 6.98. The molecule has 0 aromatic heterocycles. The van der Waals surface area contributed by atoms with Crippen LogP contribution in [-0.2, 0) is 9.53 Å². The first-order valence-electron chi connectivity index (χ1n) is 6.98. The van der Waals surface area contributed by atoms with E-state index in [-0.39, 0.29) is 5.97 Å². The summed E-state index contributed by atoms with van der Waals surface area (Å²) in [6, 6.07) is 0. The highest BCUT2D eigenvalue weighted by molar-refractivity contribution is 5.70. The average molecular weight is 220 g/mol. The third-order valence-corrected chi connectivity index (χ3v) is 5.92. The second-order valence-electron chi connectivity index (χ2n) is 6.46. The lowest BCUT2D eigenvalue weighted by molar-refractivity contribution is -0.146. The molecule has 0 aromatic rings. The molecular weight excluding hydrogens is 200 g/mol. The summed E-state index contributed by atoms with van der Waals surface area (Å²) in [5.41, 5.74) is 0. The van der Waals surface area contributed by atoms with Gasteiger partial charge in [-0.3, -0.25) is 4.79 Å². The average Bonchev–Trinajstić information content (AvgIpc) is 2.87. The summed E-state index contributed by atoms with van der Waals surface area (Å²) in [6.45, 7) is 0.691. The van der Waals surface area contributed by atoms with Gasteiger partial charge in [0.15, 0.2) is 0 Å². The van der Waals surface area contributed by atoms with Crippen molar-refractivity contribution in [2.45, 2.75) is 38.5 Å². The molecule has 1 saturated heterocycles. The molecule has 0 spiro atoms. The van der Waals surface area contributed by atoms with E-state index < -0.39 is 0 Å². The zero-order chi connectivity index (χ0) is 10.7. The molecule has 4 aliphatic rings. The molecule has 0 amide bonds. The number of carbonyl (C=O) groups excluding carboxylic acids is 1. The van der Waals surface area contributed by atoms with Crippen LogP contribution in [0.15, 0.2) is 0 Å². The minimum Gasteiger partial charge on any atom is -0.466 e. The Kier molecular flexibility index (Phi) is 1.92. The second kappa shape index (κ2) is 3.24. The fraction of sp³-hybridized carbons (Fsp3) is 0.929. The van der Waals surface area contributed by atoms with E-state index in [1.807, 2.05) is 0 Å². The summed E-state index contributed by atoms with van der Waals surface area (Å²) in [4.78, 5) is 11.6. The minimum atomic E-state index is 0.0758. The summed E-state index contributed by atoms with van der Waals surface area (Å²) in [5.74, 6) is 5.49. The molecule has 1 aliphatic heterocycles. The normalized spacial score (nSPS) is 54.4. The Labute approximate surface area is 96.7 Å². The number of fused-ring (bicyclic) bond motifs is 9. The maximum atomic E-state index is 11.6. The van der Waals surface area contributed by atoms with Crippen molar-refractivity contribution in [1.29, 1.82) is 0 Å². The van der Waals surface area contributed by atoms with E-state index >= 15 is 0 Å². The number of rotatable bonds is 0. The third-order valence-electron chi connectivity index (χ3n) is 5.92. The molecule has 2 nitrogen and oxygen atoms in total. The number of hydrogen-bond acceptors (Lipinski definition) is 2. The second-order valence-corrected chi connectivity index (χ2v) is 6.46. The van der Waals surface area contributed by atoms with E-state index in [0.29, 0.717) is 12.5 Å². The molecule has 6 unspecified atom stereocenters. The van der Waals surface area contributed by atoms with E-state index in [4.69, 9.17) is 4.74 Å². The van der Waals surface area contributed by atoms with Gasteiger partial charge in [-0.1, -0.05) is 0 Å². The van der Waals surface area contributed by atoms with Crippen molar-refractivity contribution in [2.75, 3.05) is 6.61 Å². The Morgan fingerprint density at radius 2 is 1.50 bits per heavy atom. The molecule has 2 heteroatoms. The molecule has 16 heavy (non-hydrogen) atoms. The van der Waals surface area contributed by atoms with Crippen molar-refractivity contribution in [1.82, 2.24) is 0 Å². The van der Waals surface area contributed by atoms with Crippen LogP contribution in [0.4, 0.5) is 0 Å². The summed E-state index contributed by atoms with van der Waals surface area (Å²) < 4.78 is 5.28. The molecule has 0 N–H and O–H groups in total. The van der Waals surface area contributed by atoms with Gasteiger partial charge in [0.2, 0.25) is 0 Å². The number of cyclic esters (lactones) is 1. The Morgan fingerprint density at radius 1 is 0.875 bits per heavy atom. The standard InChI is InChI=1S/C14H20O2/c15-12-7-11-6-10(3-4-16-12)13-8-1-2-9(5-8)14(11)13/h8-11,13-14H,1-7H2. The quantitative estimate of drug-likeness (QED) is 0.463. The number of hydrogen-bond donors (Lipinski definition) is 0. The van der Waals surface area contributed by atoms with Crippen molar-refractivity contribution < 1.29 is 9.53 Å². The van der Waals surface area contributed by atoms with E-state index in [0.717, 1.165) is 42.4 Å². The Morgan fingerprint density at radius 3 is 2.31 bits per heavy atom. The summed E-state index contributed by atoms with van der Waals surface area (Å²) in [5, 5.41) is 0. The van der Waals surface area contributed by atoms with Crippen molar-refractivity contribution in [3.8, 4) is 0 Å². The molecule has 1 heterocycles. The largest absolute Gasteiger partial charge is 0.466 e. The van der Waals surface area contributed by atoms with Gasteiger partial charge in [0, 0.05) is 6.42 Å². The van der Waals surface area contributed by atoms with Gasteiger partial charge >= 0.3 is 5.97 Å². The number of carbonyl (C=O) groups is 1. The summed E-state index contributed by atoms with van der Waals surface area (Å²) in [6.07, 6.45) is 7.61. The highest BCUT2D eigenvalue weighted by atomic mass is 16.5. The predicted octanol–water partition coefficient (Wildman–Crippen LogP) is 2.62. The van der Waals surface area contributed by atoms with Crippen molar-refractivity contribution in [2.24, 2.45) is 35.5 Å². The number of ether oxygens (including phenoxy) is 1. The molecule has 88 valence electrons. The van der Waals surface area contributed by atoms with E-state index in [1.54, 1.807) is 0 Å². The lowest BCUT2D eigenvalue weighted by atomic mass is 9.75. The first-order chi connectivity index (χ1) is 7.83. The SMILES string of the molecule is O=C1CC2CC(CCO1)C1C3CCC(C3)C21. The van der Waals surface area contributed by atoms with Gasteiger partial charge < -0.3 is 4.74 Å². The Hall–Kier alpha value is -0.530. The zero-order valence-corrected chi connectivity index (χ0v) is 9.73. The zero-order valence-electron chi connectivity index (χ0n) is 9.73. The van der Waals surface area contributed by atoms with Crippen LogP contribution >= 0.6 is 0 Å². The van der Waals surface area contributed by atoms with Crippen LogP contribution in [0.3, 0.4) is 0 Å². The van der Waals surface area contributed by atoms with Crippen LogP contribution in [0.1, 0.15) is 38.5 Å². The fourth-order valence-electron chi connectivity index (χ4n) is 5.61. The van der Waals surface area contributed by atoms with E-state index in [1.165, 1.54) is 25.7 Å². The van der Waals surface area contributed by atoms with E-state index in [9.17, 15) is 4.79 Å². The highest BCUT2D eigenvalue weighted by Crippen LogP contribution is 2.64. The molecule has 3 saturated carbocycles. The van der Waals surface area contributed by atoms with E-state index in [2.05, 4.69) is 0 Å². The maximum Gasteiger partial charge on any atom is 0.306 e. The van der Waals surface area contributed by atoms with Gasteiger partial charge in [-0.25, -0.2) is 0 Å². The van der Waals surface area contributed by atoms with Gasteiger partial charge in [0.25, 0.3) is 0 Å². The lowest BCUT2D eigenvalue weighted by Crippen LogP contribution is -2.24. The lowest BCUT2D eigenvalue weighted by Gasteiger charge is -2.29. The predicted molar refractivity (Wildman–Crippen MR) is 59.6 cm³/mol. The molecule has 3 aliphatic carbocycles. The van der Waals surface area contributed by atoms with Crippen LogP contribution in [0.5, 0.6) is 0 Å². The van der Waals surface area contributed by atoms with Gasteiger partial charge in [-0.2, -0.15) is 0 Å². The van der Waals surface area contributed by atoms with Crippen LogP contribution in [0.2, 0.25) is 0 Å². The van der Waals surface area contributed by atoms with Crippen LogP contribution in [-0.4, -0.2) is 12.6 Å². The Bertz CT molecular complexity index is 325. The molecule has 0 aromatic carbocycles. The minimum absolute atomic E-state index is 0.0758. The van der Waals surface area contributed by atoms with Gasteiger partial charge in [0.05, 0.1) is 6.61 Å². The number of esters is 1. The molecule has 6 atom stereocenters. The van der Waals surface area contributed by atoms with Crippen LogP contribution < -0.4 is 0 Å². The van der Waals surface area contributed by atoms with Crippen LogP contribution in [0, 0.1) is 35.5 Å². The summed E-state index contributed by atoms with van der Waals surface area (Å²) >= 11 is 0. The Balaban J connectivity index is 1.66. The fourth-order valence-corrected chi connectivity index (χ4v) is 5.61. The molecule has 4 bridgehead atoms. The summed E-state index contributed by atoms with van der Waals surface area (Å²) in [7, 11) is 0. The van der Waals surface area contributed by atoms with Crippen molar-refractivity contribution in [3.05, 3.63) is 0 Å². The topological polar surface area (TPSA) is 26.3 Å². The van der Waals surface area contributed by atoms with Crippen molar-refractivity contribution >= 4 is 5.97 Å². The van der Waals surface area contributed by atoms with Crippen molar-refractivity contribution in [3.63, 3.8) is 0 Å². The van der Waals surface area contributed by atoms with Gasteiger partial charge in [0.1, 0.15) is 0 Å².